The second-order valence-electron chi connectivity index (χ2n) is 5.87. The standard InChI is InChI=1S/C17H17ClN4S2/c1-10-13-15(24-14(10)11-5-3-2-4-6-11)16(22-17(18)21-13)20-9-12-19-7-8-23-12/h2-3,7-8,11H,4-6,9H2,1H3,(H,20,21,22). The van der Waals surface area contributed by atoms with E-state index in [1.54, 1.807) is 22.7 Å². The van der Waals surface area contributed by atoms with Crippen molar-refractivity contribution in [3.05, 3.63) is 44.5 Å². The van der Waals surface area contributed by atoms with Crippen molar-refractivity contribution in [2.24, 2.45) is 0 Å². The maximum atomic E-state index is 6.17. The van der Waals surface area contributed by atoms with Gasteiger partial charge in [0.05, 0.1) is 16.8 Å². The SMILES string of the molecule is Cc1c(C2CC=CCC2)sc2c(NCc3nccs3)nc(Cl)nc12. The Morgan fingerprint density at radius 2 is 2.25 bits per heavy atom. The number of halogens is 1. The van der Waals surface area contributed by atoms with Crippen molar-refractivity contribution in [2.45, 2.75) is 38.6 Å². The van der Waals surface area contributed by atoms with Gasteiger partial charge in [-0.25, -0.2) is 9.97 Å². The third-order valence-corrected chi connectivity index (χ3v) is 6.70. The van der Waals surface area contributed by atoms with Gasteiger partial charge in [-0.3, -0.25) is 0 Å². The third kappa shape index (κ3) is 3.06. The van der Waals surface area contributed by atoms with Gasteiger partial charge in [0.1, 0.15) is 10.8 Å². The van der Waals surface area contributed by atoms with Crippen LogP contribution >= 0.6 is 34.3 Å². The normalized spacial score (nSPS) is 17.5. The molecule has 0 saturated heterocycles. The van der Waals surface area contributed by atoms with Crippen LogP contribution in [0.5, 0.6) is 0 Å². The molecule has 7 heteroatoms. The number of thiophene rings is 1. The molecule has 3 heterocycles. The van der Waals surface area contributed by atoms with Crippen LogP contribution < -0.4 is 5.32 Å². The van der Waals surface area contributed by atoms with Crippen LogP contribution in [0.1, 0.15) is 40.6 Å². The molecule has 0 bridgehead atoms. The van der Waals surface area contributed by atoms with E-state index in [0.29, 0.717) is 17.7 Å². The molecule has 4 nitrogen and oxygen atoms in total. The van der Waals surface area contributed by atoms with E-state index in [9.17, 15) is 0 Å². The summed E-state index contributed by atoms with van der Waals surface area (Å²) in [6.07, 6.45) is 9.84. The highest BCUT2D eigenvalue weighted by Gasteiger charge is 2.22. The first-order valence-corrected chi connectivity index (χ1v) is 10.0. The molecule has 124 valence electrons. The molecule has 3 aromatic heterocycles. The van der Waals surface area contributed by atoms with E-state index in [1.165, 1.54) is 16.9 Å². The van der Waals surface area contributed by atoms with Gasteiger partial charge >= 0.3 is 0 Å². The fraction of sp³-hybridized carbons (Fsp3) is 0.353. The van der Waals surface area contributed by atoms with Gasteiger partial charge in [-0.15, -0.1) is 22.7 Å². The second-order valence-corrected chi connectivity index (χ2v) is 8.24. The Morgan fingerprint density at radius 3 is 3.00 bits per heavy atom. The zero-order chi connectivity index (χ0) is 16.5. The Labute approximate surface area is 153 Å². The van der Waals surface area contributed by atoms with Crippen molar-refractivity contribution in [3.8, 4) is 0 Å². The molecule has 0 spiro atoms. The molecule has 3 aromatic rings. The molecule has 1 atom stereocenters. The average molecular weight is 377 g/mol. The number of hydrogen-bond acceptors (Lipinski definition) is 6. The number of hydrogen-bond donors (Lipinski definition) is 1. The summed E-state index contributed by atoms with van der Waals surface area (Å²) in [6.45, 7) is 2.80. The summed E-state index contributed by atoms with van der Waals surface area (Å²) in [5, 5.41) is 6.68. The van der Waals surface area contributed by atoms with Gasteiger partial charge in [0.15, 0.2) is 0 Å². The van der Waals surface area contributed by atoms with Gasteiger partial charge in [0, 0.05) is 16.5 Å². The molecular weight excluding hydrogens is 360 g/mol. The lowest BCUT2D eigenvalue weighted by molar-refractivity contribution is 0.624. The molecule has 1 aliphatic carbocycles. The van der Waals surface area contributed by atoms with E-state index in [1.807, 2.05) is 11.6 Å². The summed E-state index contributed by atoms with van der Waals surface area (Å²) >= 11 is 9.60. The largest absolute Gasteiger partial charge is 0.362 e. The summed E-state index contributed by atoms with van der Waals surface area (Å²) < 4.78 is 1.10. The molecule has 24 heavy (non-hydrogen) atoms. The van der Waals surface area contributed by atoms with Crippen molar-refractivity contribution >= 4 is 50.3 Å². The number of thiazole rings is 1. The van der Waals surface area contributed by atoms with Crippen molar-refractivity contribution < 1.29 is 0 Å². The zero-order valence-electron chi connectivity index (χ0n) is 13.3. The minimum atomic E-state index is 0.292. The minimum Gasteiger partial charge on any atom is -0.362 e. The van der Waals surface area contributed by atoms with Crippen LogP contribution in [0.25, 0.3) is 10.2 Å². The summed E-state index contributed by atoms with van der Waals surface area (Å²) in [7, 11) is 0. The van der Waals surface area contributed by atoms with Crippen LogP contribution in [-0.2, 0) is 6.54 Å². The highest BCUT2D eigenvalue weighted by molar-refractivity contribution is 7.20. The molecule has 4 rings (SSSR count). The summed E-state index contributed by atoms with van der Waals surface area (Å²) in [5.41, 5.74) is 2.23. The third-order valence-electron chi connectivity index (χ3n) is 4.31. The van der Waals surface area contributed by atoms with E-state index in [-0.39, 0.29) is 0 Å². The number of nitrogens with one attached hydrogen (secondary N) is 1. The Kier molecular flexibility index (Phi) is 4.52. The van der Waals surface area contributed by atoms with Crippen molar-refractivity contribution in [3.63, 3.8) is 0 Å². The highest BCUT2D eigenvalue weighted by Crippen LogP contribution is 2.42. The lowest BCUT2D eigenvalue weighted by atomic mass is 9.91. The monoisotopic (exact) mass is 376 g/mol. The van der Waals surface area contributed by atoms with Gasteiger partial charge in [0.2, 0.25) is 5.28 Å². The molecule has 0 amide bonds. The Bertz CT molecular complexity index is 886. The highest BCUT2D eigenvalue weighted by atomic mass is 35.5. The van der Waals surface area contributed by atoms with Crippen LogP contribution in [0.3, 0.4) is 0 Å². The Balaban J connectivity index is 1.72. The van der Waals surface area contributed by atoms with Gasteiger partial charge in [-0.2, -0.15) is 4.98 Å². The van der Waals surface area contributed by atoms with Gasteiger partial charge in [0.25, 0.3) is 0 Å². The molecule has 0 saturated carbocycles. The van der Waals surface area contributed by atoms with E-state index >= 15 is 0 Å². The number of fused-ring (bicyclic) bond motifs is 1. The van der Waals surface area contributed by atoms with E-state index in [0.717, 1.165) is 33.9 Å². The number of nitrogens with zero attached hydrogens (tertiary/aromatic N) is 3. The summed E-state index contributed by atoms with van der Waals surface area (Å²) in [6, 6.07) is 0. The van der Waals surface area contributed by atoms with Crippen LogP contribution in [0.4, 0.5) is 5.82 Å². The Hall–Kier alpha value is -1.50. The minimum absolute atomic E-state index is 0.292. The van der Waals surface area contributed by atoms with Crippen molar-refractivity contribution in [2.75, 3.05) is 5.32 Å². The second kappa shape index (κ2) is 6.78. The quantitative estimate of drug-likeness (QED) is 0.479. The first-order chi connectivity index (χ1) is 11.7. The predicted molar refractivity (Wildman–Crippen MR) is 102 cm³/mol. The molecule has 1 N–H and O–H groups in total. The van der Waals surface area contributed by atoms with Gasteiger partial charge in [-0.05, 0) is 49.3 Å². The zero-order valence-corrected chi connectivity index (χ0v) is 15.6. The molecule has 1 unspecified atom stereocenters. The topological polar surface area (TPSA) is 50.7 Å². The number of aromatic nitrogens is 3. The lowest BCUT2D eigenvalue weighted by Crippen LogP contribution is -2.02. The fourth-order valence-corrected chi connectivity index (χ4v) is 5.20. The number of aryl methyl sites for hydroxylation is 1. The summed E-state index contributed by atoms with van der Waals surface area (Å²) in [4.78, 5) is 14.6. The molecule has 0 fully saturated rings. The number of allylic oxidation sites excluding steroid dienone is 2. The fourth-order valence-electron chi connectivity index (χ4n) is 3.12. The molecule has 0 aromatic carbocycles. The lowest BCUT2D eigenvalue weighted by Gasteiger charge is -2.16. The van der Waals surface area contributed by atoms with Crippen molar-refractivity contribution in [1.82, 2.24) is 15.0 Å². The molecule has 1 aliphatic rings. The van der Waals surface area contributed by atoms with Crippen LogP contribution in [0.2, 0.25) is 5.28 Å². The van der Waals surface area contributed by atoms with E-state index < -0.39 is 0 Å². The van der Waals surface area contributed by atoms with Gasteiger partial charge in [-0.1, -0.05) is 12.2 Å². The maximum absolute atomic E-state index is 6.17. The summed E-state index contributed by atoms with van der Waals surface area (Å²) in [5.74, 6) is 1.39. The first-order valence-electron chi connectivity index (χ1n) is 7.96. The number of rotatable bonds is 4. The predicted octanol–water partition coefficient (Wildman–Crippen LogP) is 5.55. The molecular formula is C17H17ClN4S2. The van der Waals surface area contributed by atoms with Crippen LogP contribution in [-0.4, -0.2) is 15.0 Å². The van der Waals surface area contributed by atoms with E-state index in [4.69, 9.17) is 11.6 Å². The maximum Gasteiger partial charge on any atom is 0.224 e. The number of anilines is 1. The molecule has 0 aliphatic heterocycles. The average Bonchev–Trinajstić information content (AvgIpc) is 3.22. The van der Waals surface area contributed by atoms with Crippen LogP contribution in [0, 0.1) is 6.92 Å². The van der Waals surface area contributed by atoms with Gasteiger partial charge < -0.3 is 5.32 Å². The first kappa shape index (κ1) is 16.0. The smallest absolute Gasteiger partial charge is 0.224 e. The Morgan fingerprint density at radius 1 is 1.33 bits per heavy atom. The van der Waals surface area contributed by atoms with Crippen LogP contribution in [0.15, 0.2) is 23.7 Å². The van der Waals surface area contributed by atoms with E-state index in [2.05, 4.69) is 39.3 Å². The molecule has 0 radical (unpaired) electrons. The van der Waals surface area contributed by atoms with Crippen molar-refractivity contribution in [1.29, 1.82) is 0 Å².